The normalized spacial score (nSPS) is 17.6. The van der Waals surface area contributed by atoms with Crippen LogP contribution in [-0.2, 0) is 9.53 Å². The Morgan fingerprint density at radius 1 is 1.52 bits per heavy atom. The molecule has 6 heteroatoms. The van der Waals surface area contributed by atoms with E-state index in [9.17, 15) is 4.79 Å². The number of allylic oxidation sites excluding steroid dienone is 1. The molecule has 21 heavy (non-hydrogen) atoms. The molecule has 1 unspecified atom stereocenters. The van der Waals surface area contributed by atoms with Crippen molar-refractivity contribution in [2.24, 2.45) is 0 Å². The molecule has 2 rings (SSSR count). The summed E-state index contributed by atoms with van der Waals surface area (Å²) in [5.74, 6) is -0.398. The highest BCUT2D eigenvalue weighted by Crippen LogP contribution is 2.28. The van der Waals surface area contributed by atoms with Gasteiger partial charge in [-0.15, -0.1) is 0 Å². The quantitative estimate of drug-likeness (QED) is 0.656. The van der Waals surface area contributed by atoms with Crippen LogP contribution in [0.3, 0.4) is 0 Å². The monoisotopic (exact) mass is 301 g/mol. The largest absolute Gasteiger partial charge is 0.463 e. The van der Waals surface area contributed by atoms with Crippen molar-refractivity contribution >= 4 is 23.3 Å². The van der Waals surface area contributed by atoms with Crippen molar-refractivity contribution < 1.29 is 9.53 Å². The number of benzene rings is 1. The Bertz CT molecular complexity index is 661. The van der Waals surface area contributed by atoms with Crippen molar-refractivity contribution in [3.05, 3.63) is 46.7 Å². The van der Waals surface area contributed by atoms with Crippen molar-refractivity contribution in [2.45, 2.75) is 19.9 Å². The second-order valence-corrected chi connectivity index (χ2v) is 4.94. The van der Waals surface area contributed by atoms with Crippen LogP contribution >= 0.6 is 12.2 Å². The molecule has 0 aromatic heterocycles. The van der Waals surface area contributed by atoms with Crippen molar-refractivity contribution in [3.8, 4) is 6.07 Å². The number of hydrogen-bond donors (Lipinski definition) is 2. The summed E-state index contributed by atoms with van der Waals surface area (Å²) in [7, 11) is 0. The number of thiocarbonyl (C=S) groups is 1. The number of carbonyl (C=O) groups is 1. The number of rotatable bonds is 3. The van der Waals surface area contributed by atoms with Gasteiger partial charge in [-0.2, -0.15) is 5.26 Å². The molecular formula is C15H15N3O2S. The molecule has 108 valence electrons. The fourth-order valence-electron chi connectivity index (χ4n) is 2.21. The zero-order valence-corrected chi connectivity index (χ0v) is 12.6. The van der Waals surface area contributed by atoms with Crippen LogP contribution in [0.4, 0.5) is 0 Å². The van der Waals surface area contributed by atoms with Crippen molar-refractivity contribution in [1.82, 2.24) is 10.6 Å². The fraction of sp³-hybridized carbons (Fsp3) is 0.267. The Morgan fingerprint density at radius 3 is 2.95 bits per heavy atom. The fourth-order valence-corrected chi connectivity index (χ4v) is 2.48. The highest BCUT2D eigenvalue weighted by molar-refractivity contribution is 7.80. The van der Waals surface area contributed by atoms with Crippen LogP contribution in [-0.4, -0.2) is 17.7 Å². The first-order valence-corrected chi connectivity index (χ1v) is 6.93. The zero-order valence-electron chi connectivity index (χ0n) is 11.8. The molecule has 1 aliphatic heterocycles. The summed E-state index contributed by atoms with van der Waals surface area (Å²) < 4.78 is 5.11. The van der Waals surface area contributed by atoms with E-state index in [1.807, 2.05) is 6.07 Å². The maximum atomic E-state index is 12.2. The molecule has 0 saturated carbocycles. The van der Waals surface area contributed by atoms with Crippen LogP contribution in [0.15, 0.2) is 35.5 Å². The summed E-state index contributed by atoms with van der Waals surface area (Å²) >= 11 is 5.15. The highest BCUT2D eigenvalue weighted by Gasteiger charge is 2.30. The molecule has 5 nitrogen and oxygen atoms in total. The van der Waals surface area contributed by atoms with Crippen LogP contribution < -0.4 is 10.6 Å². The van der Waals surface area contributed by atoms with Gasteiger partial charge in [0.05, 0.1) is 29.9 Å². The molecule has 1 heterocycles. The average Bonchev–Trinajstić information content (AvgIpc) is 2.46. The first-order chi connectivity index (χ1) is 10.1. The zero-order chi connectivity index (χ0) is 15.4. The highest BCUT2D eigenvalue weighted by atomic mass is 32.1. The molecule has 1 aromatic rings. The minimum atomic E-state index is -0.425. The number of nitriles is 1. The van der Waals surface area contributed by atoms with Gasteiger partial charge in [0, 0.05) is 5.70 Å². The van der Waals surface area contributed by atoms with E-state index in [-0.39, 0.29) is 0 Å². The Balaban J connectivity index is 2.47. The van der Waals surface area contributed by atoms with E-state index in [1.54, 1.807) is 32.0 Å². The van der Waals surface area contributed by atoms with Crippen LogP contribution in [0.5, 0.6) is 0 Å². The van der Waals surface area contributed by atoms with Gasteiger partial charge in [-0.3, -0.25) is 0 Å². The predicted octanol–water partition coefficient (Wildman–Crippen LogP) is 1.91. The average molecular weight is 301 g/mol. The summed E-state index contributed by atoms with van der Waals surface area (Å²) in [5, 5.41) is 15.4. The second kappa shape index (κ2) is 6.37. The minimum absolute atomic E-state index is 0.297. The molecular weight excluding hydrogens is 286 g/mol. The van der Waals surface area contributed by atoms with Crippen molar-refractivity contribution in [1.29, 1.82) is 5.26 Å². The van der Waals surface area contributed by atoms with E-state index in [0.29, 0.717) is 28.6 Å². The number of ether oxygens (including phenoxy) is 1. The van der Waals surface area contributed by atoms with Gasteiger partial charge in [-0.1, -0.05) is 12.1 Å². The number of nitrogens with zero attached hydrogens (tertiary/aromatic N) is 1. The number of hydrogen-bond acceptors (Lipinski definition) is 4. The van der Waals surface area contributed by atoms with Crippen LogP contribution in [0.2, 0.25) is 0 Å². The lowest BCUT2D eigenvalue weighted by Crippen LogP contribution is -2.45. The number of carbonyl (C=O) groups excluding carboxylic acids is 1. The van der Waals surface area contributed by atoms with E-state index >= 15 is 0 Å². The van der Waals surface area contributed by atoms with E-state index in [0.717, 1.165) is 5.56 Å². The van der Waals surface area contributed by atoms with E-state index in [2.05, 4.69) is 16.7 Å². The lowest BCUT2D eigenvalue weighted by molar-refractivity contribution is -0.139. The lowest BCUT2D eigenvalue weighted by Gasteiger charge is -2.29. The first kappa shape index (κ1) is 15.0. The third kappa shape index (κ3) is 3.20. The molecule has 0 spiro atoms. The molecule has 1 atom stereocenters. The van der Waals surface area contributed by atoms with Crippen LogP contribution in [0.1, 0.15) is 31.0 Å². The van der Waals surface area contributed by atoms with E-state index in [1.165, 1.54) is 0 Å². The topological polar surface area (TPSA) is 74.2 Å². The molecule has 1 aliphatic rings. The van der Waals surface area contributed by atoms with Crippen LogP contribution in [0, 0.1) is 11.3 Å². The predicted molar refractivity (Wildman–Crippen MR) is 82.1 cm³/mol. The van der Waals surface area contributed by atoms with Crippen LogP contribution in [0.25, 0.3) is 0 Å². The van der Waals surface area contributed by atoms with Gasteiger partial charge in [0.15, 0.2) is 5.11 Å². The Labute approximate surface area is 128 Å². The lowest BCUT2D eigenvalue weighted by atomic mass is 9.94. The maximum Gasteiger partial charge on any atom is 0.338 e. The Hall–Kier alpha value is -2.39. The van der Waals surface area contributed by atoms with Gasteiger partial charge >= 0.3 is 5.97 Å². The summed E-state index contributed by atoms with van der Waals surface area (Å²) in [4.78, 5) is 12.2. The van der Waals surface area contributed by atoms with E-state index in [4.69, 9.17) is 22.2 Å². The molecule has 0 fully saturated rings. The number of nitrogens with one attached hydrogen (secondary N) is 2. The third-order valence-corrected chi connectivity index (χ3v) is 3.33. The molecule has 2 N–H and O–H groups in total. The standard InChI is InChI=1S/C15H15N3O2S/c1-3-20-14(19)12-9(2)17-15(21)18-13(12)11-6-4-5-10(7-11)8-16/h4-7,13H,3H2,1-2H3,(H2,17,18,21). The van der Waals surface area contributed by atoms with Gasteiger partial charge in [0.2, 0.25) is 0 Å². The molecule has 0 aliphatic carbocycles. The minimum Gasteiger partial charge on any atom is -0.463 e. The van der Waals surface area contributed by atoms with Gasteiger partial charge in [-0.25, -0.2) is 4.79 Å². The van der Waals surface area contributed by atoms with Crippen molar-refractivity contribution in [2.75, 3.05) is 6.61 Å². The first-order valence-electron chi connectivity index (χ1n) is 6.52. The van der Waals surface area contributed by atoms with Gasteiger partial charge in [-0.05, 0) is 43.8 Å². The molecule has 0 radical (unpaired) electrons. The van der Waals surface area contributed by atoms with Gasteiger partial charge < -0.3 is 15.4 Å². The SMILES string of the molecule is CCOC(=O)C1=C(C)NC(=S)NC1c1cccc(C#N)c1. The Kier molecular flexibility index (Phi) is 4.55. The van der Waals surface area contributed by atoms with Gasteiger partial charge in [0.1, 0.15) is 0 Å². The summed E-state index contributed by atoms with van der Waals surface area (Å²) in [6.45, 7) is 3.83. The smallest absolute Gasteiger partial charge is 0.338 e. The Morgan fingerprint density at radius 2 is 2.29 bits per heavy atom. The summed E-state index contributed by atoms with van der Waals surface area (Å²) in [6.07, 6.45) is 0. The molecule has 1 aromatic carbocycles. The molecule has 0 amide bonds. The number of esters is 1. The molecule has 0 saturated heterocycles. The third-order valence-electron chi connectivity index (χ3n) is 3.11. The van der Waals surface area contributed by atoms with E-state index < -0.39 is 12.0 Å². The maximum absolute atomic E-state index is 12.2. The summed E-state index contributed by atoms with van der Waals surface area (Å²) in [5.41, 5.74) is 2.45. The molecule has 0 bridgehead atoms. The summed E-state index contributed by atoms with van der Waals surface area (Å²) in [6, 6.07) is 8.73. The van der Waals surface area contributed by atoms with Gasteiger partial charge in [0.25, 0.3) is 0 Å². The van der Waals surface area contributed by atoms with Crippen molar-refractivity contribution in [3.63, 3.8) is 0 Å². The second-order valence-electron chi connectivity index (χ2n) is 4.53.